The van der Waals surface area contributed by atoms with Crippen molar-refractivity contribution >= 4 is 17.2 Å². The average Bonchev–Trinajstić information content (AvgIpc) is 2.78. The summed E-state index contributed by atoms with van der Waals surface area (Å²) < 4.78 is 1.97. The number of nitrogens with zero attached hydrogens (tertiary/aromatic N) is 1. The van der Waals surface area contributed by atoms with Crippen LogP contribution in [0.3, 0.4) is 0 Å². The number of carbonyl (C=O) groups excluding carboxylic acids is 1. The van der Waals surface area contributed by atoms with E-state index in [1.807, 2.05) is 66.2 Å². The zero-order valence-corrected chi connectivity index (χ0v) is 11.1. The van der Waals surface area contributed by atoms with Gasteiger partial charge in [0.25, 0.3) is 0 Å². The second-order valence-corrected chi connectivity index (χ2v) is 4.57. The number of carbonyl (C=O) groups is 1. The van der Waals surface area contributed by atoms with E-state index < -0.39 is 0 Å². The molecule has 3 rings (SSSR count). The maximum Gasteiger partial charge on any atom is 0.153 e. The normalized spacial score (nSPS) is 10.1. The third kappa shape index (κ3) is 2.00. The van der Waals surface area contributed by atoms with E-state index in [4.69, 9.17) is 0 Å². The van der Waals surface area contributed by atoms with Crippen molar-refractivity contribution < 1.29 is 4.79 Å². The molecule has 0 N–H and O–H groups in total. The number of fused-ring (bicyclic) bond motifs is 1. The molecule has 0 spiro atoms. The van der Waals surface area contributed by atoms with E-state index >= 15 is 0 Å². The Kier molecular flexibility index (Phi) is 3.10. The number of aromatic nitrogens is 1. The van der Waals surface area contributed by atoms with Gasteiger partial charge in [0.2, 0.25) is 0 Å². The molecule has 0 aliphatic heterocycles. The SMILES string of the molecule is Cn1c(C#Cc2ccccc2)c(C=O)c2ccccc21. The van der Waals surface area contributed by atoms with Gasteiger partial charge in [0.15, 0.2) is 6.29 Å². The molecule has 1 aromatic heterocycles. The van der Waals surface area contributed by atoms with E-state index in [9.17, 15) is 4.79 Å². The first-order valence-corrected chi connectivity index (χ1v) is 6.41. The largest absolute Gasteiger partial charge is 0.337 e. The van der Waals surface area contributed by atoms with Gasteiger partial charge in [-0.05, 0) is 24.1 Å². The molecule has 0 aliphatic rings. The van der Waals surface area contributed by atoms with Crippen molar-refractivity contribution in [1.82, 2.24) is 4.57 Å². The third-order valence-electron chi connectivity index (χ3n) is 3.36. The fraction of sp³-hybridized carbons (Fsp3) is 0.0556. The molecule has 0 bridgehead atoms. The lowest BCUT2D eigenvalue weighted by Crippen LogP contribution is -1.93. The average molecular weight is 259 g/mol. The predicted octanol–water partition coefficient (Wildman–Crippen LogP) is 3.39. The Morgan fingerprint density at radius 2 is 1.65 bits per heavy atom. The maximum atomic E-state index is 11.4. The van der Waals surface area contributed by atoms with Crippen molar-refractivity contribution in [1.29, 1.82) is 0 Å². The van der Waals surface area contributed by atoms with Gasteiger partial charge in [-0.15, -0.1) is 0 Å². The molecule has 0 saturated heterocycles. The fourth-order valence-corrected chi connectivity index (χ4v) is 2.35. The molecule has 0 fully saturated rings. The summed E-state index contributed by atoms with van der Waals surface area (Å²) in [7, 11) is 1.93. The highest BCUT2D eigenvalue weighted by molar-refractivity contribution is 6.00. The minimum atomic E-state index is 0.659. The van der Waals surface area contributed by atoms with Crippen LogP contribution in [0.1, 0.15) is 21.6 Å². The number of para-hydroxylation sites is 1. The Morgan fingerprint density at radius 1 is 0.950 bits per heavy atom. The minimum absolute atomic E-state index is 0.659. The van der Waals surface area contributed by atoms with Crippen LogP contribution in [0.5, 0.6) is 0 Å². The molecular weight excluding hydrogens is 246 g/mol. The summed E-state index contributed by atoms with van der Waals surface area (Å²) in [6.45, 7) is 0. The molecular formula is C18H13NO. The summed E-state index contributed by atoms with van der Waals surface area (Å²) in [5, 5.41) is 0.947. The summed E-state index contributed by atoms with van der Waals surface area (Å²) in [6.07, 6.45) is 0.886. The van der Waals surface area contributed by atoms with Crippen LogP contribution < -0.4 is 0 Å². The second kappa shape index (κ2) is 5.07. The summed E-state index contributed by atoms with van der Waals surface area (Å²) in [5.41, 5.74) is 3.37. The van der Waals surface area contributed by atoms with Crippen LogP contribution in [0.2, 0.25) is 0 Å². The monoisotopic (exact) mass is 259 g/mol. The molecule has 3 aromatic rings. The third-order valence-corrected chi connectivity index (χ3v) is 3.36. The van der Waals surface area contributed by atoms with Gasteiger partial charge in [-0.3, -0.25) is 4.79 Å². The van der Waals surface area contributed by atoms with Gasteiger partial charge in [-0.25, -0.2) is 0 Å². The maximum absolute atomic E-state index is 11.4. The summed E-state index contributed by atoms with van der Waals surface area (Å²) in [4.78, 5) is 11.4. The van der Waals surface area contributed by atoms with Crippen molar-refractivity contribution in [2.24, 2.45) is 7.05 Å². The van der Waals surface area contributed by atoms with Crippen LogP contribution in [0.4, 0.5) is 0 Å². The van der Waals surface area contributed by atoms with Gasteiger partial charge < -0.3 is 4.57 Å². The van der Waals surface area contributed by atoms with Gasteiger partial charge in [-0.2, -0.15) is 0 Å². The lowest BCUT2D eigenvalue weighted by molar-refractivity contribution is 0.112. The van der Waals surface area contributed by atoms with Crippen LogP contribution in [0.25, 0.3) is 10.9 Å². The number of aldehydes is 1. The lowest BCUT2D eigenvalue weighted by atomic mass is 10.1. The predicted molar refractivity (Wildman–Crippen MR) is 80.7 cm³/mol. The van der Waals surface area contributed by atoms with E-state index in [0.717, 1.165) is 28.4 Å². The highest BCUT2D eigenvalue weighted by atomic mass is 16.1. The first-order valence-electron chi connectivity index (χ1n) is 6.41. The zero-order chi connectivity index (χ0) is 13.9. The quantitative estimate of drug-likeness (QED) is 0.485. The van der Waals surface area contributed by atoms with Crippen LogP contribution in [-0.4, -0.2) is 10.9 Å². The molecule has 0 atom stereocenters. The molecule has 0 unspecified atom stereocenters. The van der Waals surface area contributed by atoms with Crippen molar-refractivity contribution in [3.05, 3.63) is 71.4 Å². The van der Waals surface area contributed by atoms with Gasteiger partial charge in [0.05, 0.1) is 5.56 Å². The zero-order valence-electron chi connectivity index (χ0n) is 11.1. The number of aryl methyl sites for hydroxylation is 1. The van der Waals surface area contributed by atoms with E-state index in [1.54, 1.807) is 0 Å². The molecule has 0 radical (unpaired) electrons. The Balaban J connectivity index is 2.20. The van der Waals surface area contributed by atoms with Gasteiger partial charge >= 0.3 is 0 Å². The van der Waals surface area contributed by atoms with E-state index in [-0.39, 0.29) is 0 Å². The molecule has 0 aliphatic carbocycles. The van der Waals surface area contributed by atoms with Crippen LogP contribution in [0, 0.1) is 11.8 Å². The van der Waals surface area contributed by atoms with Crippen LogP contribution in [-0.2, 0) is 7.05 Å². The van der Waals surface area contributed by atoms with E-state index in [1.165, 1.54) is 0 Å². The highest BCUT2D eigenvalue weighted by Crippen LogP contribution is 2.23. The highest BCUT2D eigenvalue weighted by Gasteiger charge is 2.11. The van der Waals surface area contributed by atoms with Crippen molar-refractivity contribution in [2.45, 2.75) is 0 Å². The van der Waals surface area contributed by atoms with Crippen LogP contribution in [0.15, 0.2) is 54.6 Å². The molecule has 1 heterocycles. The molecule has 96 valence electrons. The van der Waals surface area contributed by atoms with Crippen LogP contribution >= 0.6 is 0 Å². The first-order chi connectivity index (χ1) is 9.81. The Bertz CT molecular complexity index is 832. The van der Waals surface area contributed by atoms with Crippen molar-refractivity contribution in [3.8, 4) is 11.8 Å². The summed E-state index contributed by atoms with van der Waals surface area (Å²) in [5.74, 6) is 6.23. The molecule has 0 saturated carbocycles. The fourth-order valence-electron chi connectivity index (χ4n) is 2.35. The van der Waals surface area contributed by atoms with Gasteiger partial charge in [0, 0.05) is 23.5 Å². The standard InChI is InChI=1S/C18H13NO/c1-19-17-10-6-5-9-15(17)16(13-20)18(19)12-11-14-7-3-2-4-8-14/h2-10,13H,1H3. The van der Waals surface area contributed by atoms with E-state index in [2.05, 4.69) is 11.8 Å². The van der Waals surface area contributed by atoms with Crippen molar-refractivity contribution in [2.75, 3.05) is 0 Å². The van der Waals surface area contributed by atoms with Gasteiger partial charge in [-0.1, -0.05) is 42.3 Å². The summed E-state index contributed by atoms with van der Waals surface area (Å²) >= 11 is 0. The van der Waals surface area contributed by atoms with E-state index in [0.29, 0.717) is 5.56 Å². The Morgan fingerprint density at radius 3 is 2.40 bits per heavy atom. The number of rotatable bonds is 1. The Hall–Kier alpha value is -2.79. The topological polar surface area (TPSA) is 22.0 Å². The molecule has 2 nitrogen and oxygen atoms in total. The first kappa shape index (κ1) is 12.3. The lowest BCUT2D eigenvalue weighted by Gasteiger charge is -1.97. The number of hydrogen-bond acceptors (Lipinski definition) is 1. The molecule has 20 heavy (non-hydrogen) atoms. The molecule has 2 aromatic carbocycles. The van der Waals surface area contributed by atoms with Crippen molar-refractivity contribution in [3.63, 3.8) is 0 Å². The minimum Gasteiger partial charge on any atom is -0.337 e. The van der Waals surface area contributed by atoms with Gasteiger partial charge in [0.1, 0.15) is 5.69 Å². The molecule has 0 amide bonds. The second-order valence-electron chi connectivity index (χ2n) is 4.57. The Labute approximate surface area is 117 Å². The number of hydrogen-bond donors (Lipinski definition) is 0. The summed E-state index contributed by atoms with van der Waals surface area (Å²) in [6, 6.07) is 17.6. The molecule has 2 heteroatoms. The number of benzene rings is 2. The smallest absolute Gasteiger partial charge is 0.153 e.